The molecule has 1 aromatic heterocycles. The summed E-state index contributed by atoms with van der Waals surface area (Å²) < 4.78 is 2.29. The van der Waals surface area contributed by atoms with Crippen molar-refractivity contribution in [3.05, 3.63) is 65.2 Å². The molecule has 0 saturated heterocycles. The maximum absolute atomic E-state index is 6.32. The van der Waals surface area contributed by atoms with Crippen LogP contribution in [0.2, 0.25) is 0 Å². The number of para-hydroxylation sites is 2. The van der Waals surface area contributed by atoms with Gasteiger partial charge in [-0.15, -0.1) is 0 Å². The Hall–Kier alpha value is -2.48. The summed E-state index contributed by atoms with van der Waals surface area (Å²) in [4.78, 5) is 0. The van der Waals surface area contributed by atoms with E-state index in [4.69, 9.17) is 5.73 Å². The molecule has 0 spiro atoms. The highest BCUT2D eigenvalue weighted by molar-refractivity contribution is 5.84. The summed E-state index contributed by atoms with van der Waals surface area (Å²) in [5.74, 6) is 0. The number of nitrogens with two attached hydrogens (primary N) is 1. The van der Waals surface area contributed by atoms with E-state index in [-0.39, 0.29) is 0 Å². The minimum atomic E-state index is 0.941. The largest absolute Gasteiger partial charge is 0.400 e. The fraction of sp³-hybridized carbons (Fsp3) is 0.111. The van der Waals surface area contributed by atoms with E-state index < -0.39 is 0 Å². The van der Waals surface area contributed by atoms with Crippen molar-refractivity contribution >= 4 is 22.7 Å². The summed E-state index contributed by atoms with van der Waals surface area (Å²) in [6, 6.07) is 19.0. The van der Waals surface area contributed by atoms with Gasteiger partial charge in [0.1, 0.15) is 0 Å². The molecule has 0 bridgehead atoms. The second-order valence-corrected chi connectivity index (χ2v) is 5.22. The molecular weight excluding hydrogens is 244 g/mol. The molecule has 2 nitrogen and oxygen atoms in total. The fourth-order valence-electron chi connectivity index (χ4n) is 3.12. The van der Waals surface area contributed by atoms with Gasteiger partial charge in [0.05, 0.1) is 10.9 Å². The van der Waals surface area contributed by atoms with Crippen molar-refractivity contribution in [2.24, 2.45) is 5.73 Å². The maximum Gasteiger partial charge on any atom is 0.0725 e. The lowest BCUT2D eigenvalue weighted by atomic mass is 10.1. The van der Waals surface area contributed by atoms with E-state index in [2.05, 4.69) is 59.2 Å². The van der Waals surface area contributed by atoms with Gasteiger partial charge in [-0.3, -0.25) is 0 Å². The van der Waals surface area contributed by atoms with E-state index in [0.717, 1.165) is 18.5 Å². The van der Waals surface area contributed by atoms with Crippen LogP contribution < -0.4 is 16.3 Å². The minimum Gasteiger partial charge on any atom is -0.400 e. The van der Waals surface area contributed by atoms with E-state index in [9.17, 15) is 0 Å². The highest BCUT2D eigenvalue weighted by Gasteiger charge is 2.13. The van der Waals surface area contributed by atoms with E-state index in [1.54, 1.807) is 0 Å². The van der Waals surface area contributed by atoms with Crippen LogP contribution in [0.5, 0.6) is 0 Å². The zero-order valence-corrected chi connectivity index (χ0v) is 11.2. The summed E-state index contributed by atoms with van der Waals surface area (Å²) in [7, 11) is 0. The highest BCUT2D eigenvalue weighted by Crippen LogP contribution is 2.16. The zero-order valence-electron chi connectivity index (χ0n) is 11.2. The van der Waals surface area contributed by atoms with Crippen molar-refractivity contribution in [3.8, 4) is 5.69 Å². The van der Waals surface area contributed by atoms with Crippen molar-refractivity contribution in [1.29, 1.82) is 0 Å². The van der Waals surface area contributed by atoms with Gasteiger partial charge >= 0.3 is 0 Å². The summed E-state index contributed by atoms with van der Waals surface area (Å²) in [6.07, 6.45) is 4.28. The topological polar surface area (TPSA) is 30.9 Å². The predicted octanol–water partition coefficient (Wildman–Crippen LogP) is 2.27. The van der Waals surface area contributed by atoms with Gasteiger partial charge < -0.3 is 10.3 Å². The lowest BCUT2D eigenvalue weighted by molar-refractivity contribution is 0.983. The van der Waals surface area contributed by atoms with Gasteiger partial charge in [-0.25, -0.2) is 0 Å². The maximum atomic E-state index is 6.32. The van der Waals surface area contributed by atoms with Crippen LogP contribution in [0.3, 0.4) is 0 Å². The normalized spacial score (nSPS) is 14.1. The van der Waals surface area contributed by atoms with Gasteiger partial charge in [-0.2, -0.15) is 0 Å². The Balaban J connectivity index is 2.28. The third-order valence-electron chi connectivity index (χ3n) is 3.99. The average molecular weight is 260 g/mol. The second-order valence-electron chi connectivity index (χ2n) is 5.22. The molecule has 2 heteroatoms. The SMILES string of the molecule is NC1=c2c(c3ccccc3n2-c2ccccc2)=CCC1. The molecule has 0 atom stereocenters. The molecule has 0 fully saturated rings. The lowest BCUT2D eigenvalue weighted by Gasteiger charge is -2.09. The van der Waals surface area contributed by atoms with Gasteiger partial charge in [0, 0.05) is 22.0 Å². The molecule has 1 aliphatic carbocycles. The highest BCUT2D eigenvalue weighted by atomic mass is 15.0. The Bertz CT molecular complexity index is 902. The van der Waals surface area contributed by atoms with Crippen LogP contribution in [0.15, 0.2) is 54.6 Å². The number of rotatable bonds is 1. The standard InChI is InChI=1S/C18H16N2/c19-16-11-6-10-15-14-9-4-5-12-17(14)20(18(15)16)13-7-2-1-3-8-13/h1-5,7-10,12H,6,11,19H2. The Labute approximate surface area is 117 Å². The van der Waals surface area contributed by atoms with Crippen molar-refractivity contribution in [1.82, 2.24) is 4.57 Å². The number of nitrogens with zero attached hydrogens (tertiary/aromatic N) is 1. The second kappa shape index (κ2) is 4.27. The minimum absolute atomic E-state index is 0.941. The first-order valence-electron chi connectivity index (χ1n) is 7.00. The molecule has 0 aliphatic heterocycles. The predicted molar refractivity (Wildman–Crippen MR) is 83.8 cm³/mol. The van der Waals surface area contributed by atoms with Crippen LogP contribution >= 0.6 is 0 Å². The smallest absolute Gasteiger partial charge is 0.0725 e. The molecule has 20 heavy (non-hydrogen) atoms. The Kier molecular flexibility index (Phi) is 2.43. The molecule has 2 aromatic carbocycles. The Morgan fingerprint density at radius 2 is 1.65 bits per heavy atom. The summed E-state index contributed by atoms with van der Waals surface area (Å²) in [6.45, 7) is 0. The lowest BCUT2D eigenvalue weighted by Crippen LogP contribution is -2.35. The Morgan fingerprint density at radius 3 is 2.50 bits per heavy atom. The van der Waals surface area contributed by atoms with Crippen LogP contribution in [-0.2, 0) is 0 Å². The molecule has 4 rings (SSSR count). The molecule has 0 radical (unpaired) electrons. The number of aromatic nitrogens is 1. The van der Waals surface area contributed by atoms with Crippen LogP contribution in [-0.4, -0.2) is 4.57 Å². The van der Waals surface area contributed by atoms with Crippen LogP contribution in [0, 0.1) is 0 Å². The van der Waals surface area contributed by atoms with E-state index in [0.29, 0.717) is 0 Å². The van der Waals surface area contributed by atoms with Gasteiger partial charge in [0.2, 0.25) is 0 Å². The average Bonchev–Trinajstić information content (AvgIpc) is 2.84. The van der Waals surface area contributed by atoms with Crippen molar-refractivity contribution in [2.45, 2.75) is 12.8 Å². The van der Waals surface area contributed by atoms with Crippen LogP contribution in [0.1, 0.15) is 12.8 Å². The first-order valence-corrected chi connectivity index (χ1v) is 7.00. The van der Waals surface area contributed by atoms with Crippen LogP contribution in [0.25, 0.3) is 28.4 Å². The molecule has 98 valence electrons. The summed E-state index contributed by atoms with van der Waals surface area (Å²) in [5, 5.41) is 3.74. The zero-order chi connectivity index (χ0) is 13.5. The first-order chi connectivity index (χ1) is 9.86. The first kappa shape index (κ1) is 11.4. The van der Waals surface area contributed by atoms with E-state index >= 15 is 0 Å². The molecule has 3 aromatic rings. The molecule has 2 N–H and O–H groups in total. The fourth-order valence-corrected chi connectivity index (χ4v) is 3.12. The molecular formula is C18H16N2. The molecule has 0 amide bonds. The summed E-state index contributed by atoms with van der Waals surface area (Å²) in [5.41, 5.74) is 9.71. The van der Waals surface area contributed by atoms with Gasteiger partial charge in [0.15, 0.2) is 0 Å². The van der Waals surface area contributed by atoms with Crippen molar-refractivity contribution in [2.75, 3.05) is 0 Å². The quantitative estimate of drug-likeness (QED) is 0.715. The number of benzene rings is 2. The molecule has 1 heterocycles. The molecule has 0 saturated carbocycles. The van der Waals surface area contributed by atoms with E-state index in [1.807, 2.05) is 6.07 Å². The number of hydrogen-bond donors (Lipinski definition) is 1. The monoisotopic (exact) mass is 260 g/mol. The molecule has 0 unspecified atom stereocenters. The summed E-state index contributed by atoms with van der Waals surface area (Å²) >= 11 is 0. The third kappa shape index (κ3) is 1.51. The number of fused-ring (bicyclic) bond motifs is 3. The van der Waals surface area contributed by atoms with Gasteiger partial charge in [0.25, 0.3) is 0 Å². The van der Waals surface area contributed by atoms with E-state index in [1.165, 1.54) is 27.2 Å². The number of hydrogen-bond acceptors (Lipinski definition) is 1. The van der Waals surface area contributed by atoms with Crippen molar-refractivity contribution in [3.63, 3.8) is 0 Å². The Morgan fingerprint density at radius 1 is 0.900 bits per heavy atom. The molecule has 1 aliphatic rings. The van der Waals surface area contributed by atoms with Crippen LogP contribution in [0.4, 0.5) is 0 Å². The van der Waals surface area contributed by atoms with Gasteiger partial charge in [-0.05, 0) is 31.0 Å². The van der Waals surface area contributed by atoms with Crippen molar-refractivity contribution < 1.29 is 0 Å². The third-order valence-corrected chi connectivity index (χ3v) is 3.99. The van der Waals surface area contributed by atoms with Gasteiger partial charge in [-0.1, -0.05) is 42.5 Å².